The Balaban J connectivity index is 1.31. The summed E-state index contributed by atoms with van der Waals surface area (Å²) < 4.78 is 10.5. The molecule has 2 aromatic rings. The molecule has 2 aliphatic heterocycles. The molecule has 7 heteroatoms. The number of rotatable bonds is 5. The average Bonchev–Trinajstić information content (AvgIpc) is 3.11. The van der Waals surface area contributed by atoms with Gasteiger partial charge in [-0.3, -0.25) is 9.69 Å². The summed E-state index contributed by atoms with van der Waals surface area (Å²) in [5, 5.41) is 3.98. The van der Waals surface area contributed by atoms with Crippen LogP contribution >= 0.6 is 0 Å². The summed E-state index contributed by atoms with van der Waals surface area (Å²) in [5.74, 6) is 1.83. The number of hydrogen-bond acceptors (Lipinski definition) is 6. The Labute approximate surface area is 178 Å². The third kappa shape index (κ3) is 4.46. The summed E-state index contributed by atoms with van der Waals surface area (Å²) in [4.78, 5) is 19.9. The minimum absolute atomic E-state index is 0.186. The molecule has 1 aromatic carbocycles. The number of carbonyl (C=O) groups is 1. The van der Waals surface area contributed by atoms with Crippen LogP contribution in [0.1, 0.15) is 29.9 Å². The third-order valence-corrected chi connectivity index (χ3v) is 6.53. The molecule has 2 fully saturated rings. The van der Waals surface area contributed by atoms with Gasteiger partial charge in [-0.25, -0.2) is 0 Å². The van der Waals surface area contributed by atoms with E-state index in [1.807, 2.05) is 30.9 Å². The van der Waals surface area contributed by atoms with Crippen molar-refractivity contribution in [1.29, 1.82) is 0 Å². The van der Waals surface area contributed by atoms with E-state index >= 15 is 0 Å². The van der Waals surface area contributed by atoms with Gasteiger partial charge in [-0.2, -0.15) is 0 Å². The molecule has 30 heavy (non-hydrogen) atoms. The fourth-order valence-corrected chi connectivity index (χ4v) is 4.63. The second-order valence-corrected chi connectivity index (χ2v) is 8.34. The van der Waals surface area contributed by atoms with E-state index in [0.29, 0.717) is 12.5 Å². The van der Waals surface area contributed by atoms with Crippen LogP contribution < -0.4 is 9.64 Å². The molecule has 4 rings (SSSR count). The molecule has 1 unspecified atom stereocenters. The molecule has 1 atom stereocenters. The third-order valence-electron chi connectivity index (χ3n) is 6.53. The van der Waals surface area contributed by atoms with E-state index in [2.05, 4.69) is 27.1 Å². The van der Waals surface area contributed by atoms with Crippen LogP contribution in [0.15, 0.2) is 28.8 Å². The summed E-state index contributed by atoms with van der Waals surface area (Å²) in [6, 6.07) is 8.75. The van der Waals surface area contributed by atoms with Gasteiger partial charge in [0.1, 0.15) is 11.5 Å². The average molecular weight is 413 g/mol. The first-order chi connectivity index (χ1) is 14.5. The number of aromatic nitrogens is 1. The van der Waals surface area contributed by atoms with Crippen molar-refractivity contribution in [3.05, 3.63) is 41.3 Å². The van der Waals surface area contributed by atoms with Crippen LogP contribution in [0, 0.1) is 13.8 Å². The van der Waals surface area contributed by atoms with Gasteiger partial charge in [-0.15, -0.1) is 0 Å². The predicted molar refractivity (Wildman–Crippen MR) is 116 cm³/mol. The van der Waals surface area contributed by atoms with Gasteiger partial charge in [-0.1, -0.05) is 5.16 Å². The van der Waals surface area contributed by atoms with E-state index < -0.39 is 0 Å². The molecule has 7 nitrogen and oxygen atoms in total. The van der Waals surface area contributed by atoms with E-state index in [1.54, 1.807) is 7.11 Å². The highest BCUT2D eigenvalue weighted by molar-refractivity contribution is 5.79. The van der Waals surface area contributed by atoms with Gasteiger partial charge < -0.3 is 19.1 Å². The molecule has 0 N–H and O–H groups in total. The molecular weight excluding hydrogens is 380 g/mol. The number of carbonyl (C=O) groups excluding carboxylic acids is 1. The maximum absolute atomic E-state index is 12.9. The van der Waals surface area contributed by atoms with E-state index in [-0.39, 0.29) is 5.91 Å². The van der Waals surface area contributed by atoms with Crippen LogP contribution in [0.4, 0.5) is 5.69 Å². The molecule has 0 aliphatic carbocycles. The van der Waals surface area contributed by atoms with Crippen molar-refractivity contribution in [3.8, 4) is 5.75 Å². The number of ether oxygens (including phenoxy) is 1. The number of hydrogen-bond donors (Lipinski definition) is 0. The van der Waals surface area contributed by atoms with Crippen LogP contribution in [-0.4, -0.2) is 73.3 Å². The van der Waals surface area contributed by atoms with Crippen LogP contribution in [0.25, 0.3) is 0 Å². The Bertz CT molecular complexity index is 836. The van der Waals surface area contributed by atoms with Gasteiger partial charge in [0.05, 0.1) is 19.2 Å². The number of methoxy groups -OCH3 is 1. The second-order valence-electron chi connectivity index (χ2n) is 8.34. The Morgan fingerprint density at radius 1 is 1.13 bits per heavy atom. The van der Waals surface area contributed by atoms with Crippen molar-refractivity contribution in [3.63, 3.8) is 0 Å². The molecule has 0 radical (unpaired) electrons. The SMILES string of the molecule is COc1ccc(N2CCN(C3CCCN(C(=O)Cc4c(C)noc4C)C3)CC2)cc1. The van der Waals surface area contributed by atoms with Gasteiger partial charge in [0.2, 0.25) is 5.91 Å². The number of piperazine rings is 1. The monoisotopic (exact) mass is 412 g/mol. The largest absolute Gasteiger partial charge is 0.497 e. The predicted octanol–water partition coefficient (Wildman–Crippen LogP) is 2.66. The summed E-state index contributed by atoms with van der Waals surface area (Å²) in [6.45, 7) is 9.54. The van der Waals surface area contributed by atoms with Crippen molar-refractivity contribution in [2.24, 2.45) is 0 Å². The van der Waals surface area contributed by atoms with E-state index in [9.17, 15) is 4.79 Å². The number of benzene rings is 1. The van der Waals surface area contributed by atoms with Crippen molar-refractivity contribution in [2.45, 2.75) is 39.2 Å². The number of likely N-dealkylation sites (tertiary alicyclic amines) is 1. The zero-order valence-corrected chi connectivity index (χ0v) is 18.3. The normalized spacial score (nSPS) is 20.4. The number of nitrogens with zero attached hydrogens (tertiary/aromatic N) is 4. The van der Waals surface area contributed by atoms with E-state index in [1.165, 1.54) is 5.69 Å². The summed E-state index contributed by atoms with van der Waals surface area (Å²) >= 11 is 0. The zero-order valence-electron chi connectivity index (χ0n) is 18.3. The first-order valence-electron chi connectivity index (χ1n) is 10.9. The molecular formula is C23H32N4O3. The molecule has 3 heterocycles. The van der Waals surface area contributed by atoms with Crippen molar-refractivity contribution in [2.75, 3.05) is 51.3 Å². The zero-order chi connectivity index (χ0) is 21.1. The summed E-state index contributed by atoms with van der Waals surface area (Å²) in [7, 11) is 1.69. The standard InChI is InChI=1S/C23H32N4O3/c1-17-22(18(2)30-24-17)15-23(28)27-10-4-5-20(16-27)26-13-11-25(12-14-26)19-6-8-21(29-3)9-7-19/h6-9,20H,4-5,10-16H2,1-3H3. The first-order valence-corrected chi connectivity index (χ1v) is 10.9. The molecule has 162 valence electrons. The van der Waals surface area contributed by atoms with Crippen LogP contribution in [0.5, 0.6) is 5.75 Å². The Kier molecular flexibility index (Phi) is 6.27. The Morgan fingerprint density at radius 2 is 1.87 bits per heavy atom. The highest BCUT2D eigenvalue weighted by Gasteiger charge is 2.30. The minimum atomic E-state index is 0.186. The van der Waals surface area contributed by atoms with E-state index in [4.69, 9.17) is 9.26 Å². The lowest BCUT2D eigenvalue weighted by Gasteiger charge is -2.44. The lowest BCUT2D eigenvalue weighted by atomic mass is 10.0. The van der Waals surface area contributed by atoms with Crippen molar-refractivity contribution >= 4 is 11.6 Å². The van der Waals surface area contributed by atoms with Crippen molar-refractivity contribution in [1.82, 2.24) is 15.0 Å². The smallest absolute Gasteiger partial charge is 0.227 e. The quantitative estimate of drug-likeness (QED) is 0.752. The first kappa shape index (κ1) is 20.7. The molecule has 0 bridgehead atoms. The Hall–Kier alpha value is -2.54. The Morgan fingerprint density at radius 3 is 2.50 bits per heavy atom. The topological polar surface area (TPSA) is 62.1 Å². The van der Waals surface area contributed by atoms with Crippen LogP contribution in [-0.2, 0) is 11.2 Å². The van der Waals surface area contributed by atoms with Gasteiger partial charge in [-0.05, 0) is 51.0 Å². The number of anilines is 1. The number of aryl methyl sites for hydroxylation is 2. The summed E-state index contributed by atoms with van der Waals surface area (Å²) in [6.07, 6.45) is 2.62. The number of amides is 1. The fraction of sp³-hybridized carbons (Fsp3) is 0.565. The highest BCUT2D eigenvalue weighted by atomic mass is 16.5. The molecule has 1 aromatic heterocycles. The molecule has 2 saturated heterocycles. The number of piperidine rings is 1. The molecule has 1 amide bonds. The second kappa shape index (κ2) is 9.08. The van der Waals surface area contributed by atoms with Crippen molar-refractivity contribution < 1.29 is 14.1 Å². The fourth-order valence-electron chi connectivity index (χ4n) is 4.63. The lowest BCUT2D eigenvalue weighted by molar-refractivity contribution is -0.132. The molecule has 2 aliphatic rings. The maximum atomic E-state index is 12.9. The van der Waals surface area contributed by atoms with Crippen LogP contribution in [0.3, 0.4) is 0 Å². The van der Waals surface area contributed by atoms with Gasteiger partial charge in [0, 0.05) is 56.6 Å². The maximum Gasteiger partial charge on any atom is 0.227 e. The molecule has 0 spiro atoms. The van der Waals surface area contributed by atoms with Gasteiger partial charge >= 0.3 is 0 Å². The highest BCUT2D eigenvalue weighted by Crippen LogP contribution is 2.24. The van der Waals surface area contributed by atoms with E-state index in [0.717, 1.165) is 74.9 Å². The summed E-state index contributed by atoms with van der Waals surface area (Å²) in [5.41, 5.74) is 3.01. The minimum Gasteiger partial charge on any atom is -0.497 e. The van der Waals surface area contributed by atoms with Gasteiger partial charge in [0.25, 0.3) is 0 Å². The lowest BCUT2D eigenvalue weighted by Crippen LogP contribution is -2.56. The van der Waals surface area contributed by atoms with Crippen LogP contribution in [0.2, 0.25) is 0 Å². The molecule has 0 saturated carbocycles. The van der Waals surface area contributed by atoms with Gasteiger partial charge in [0.15, 0.2) is 0 Å².